The van der Waals surface area contributed by atoms with Gasteiger partial charge in [0.25, 0.3) is 0 Å². The standard InChI is InChI=1S/C48H30Cl4N4O4S2/c49-35-19-15-31(16-20-35)43-47(61(57,58)41-27-23-37(51)24-28-41)45(55(53-43)39-7-3-1-4-8-39)33-11-13-34(14-12-33)46-48(62(59,60)42-29-25-38(52)26-30-42)44(32-17-21-36(50)22-18-32)54-56(46)40-9-5-2-6-10-40/h1-30H. The van der Waals surface area contributed by atoms with Crippen molar-refractivity contribution < 1.29 is 16.8 Å². The van der Waals surface area contributed by atoms with Gasteiger partial charge in [0, 0.05) is 42.3 Å². The molecule has 0 unspecified atom stereocenters. The van der Waals surface area contributed by atoms with Crippen molar-refractivity contribution in [3.05, 3.63) is 202 Å². The van der Waals surface area contributed by atoms with E-state index in [9.17, 15) is 16.8 Å². The number of hydrogen-bond acceptors (Lipinski definition) is 6. The number of sulfone groups is 2. The van der Waals surface area contributed by atoms with Gasteiger partial charge in [-0.1, -0.05) is 131 Å². The summed E-state index contributed by atoms with van der Waals surface area (Å²) in [6.07, 6.45) is 0. The summed E-state index contributed by atoms with van der Waals surface area (Å²) in [4.78, 5) is -0.0736. The summed E-state index contributed by atoms with van der Waals surface area (Å²) >= 11 is 25.0. The molecule has 0 saturated carbocycles. The van der Waals surface area contributed by atoms with Crippen molar-refractivity contribution in [2.75, 3.05) is 0 Å². The van der Waals surface area contributed by atoms with E-state index in [4.69, 9.17) is 56.6 Å². The molecule has 306 valence electrons. The normalized spacial score (nSPS) is 11.8. The minimum absolute atomic E-state index is 0.0149. The lowest BCUT2D eigenvalue weighted by Crippen LogP contribution is -2.07. The van der Waals surface area contributed by atoms with Gasteiger partial charge in [0.15, 0.2) is 0 Å². The number of nitrogens with zero attached hydrogens (tertiary/aromatic N) is 4. The monoisotopic (exact) mass is 930 g/mol. The highest BCUT2D eigenvalue weighted by atomic mass is 35.5. The van der Waals surface area contributed by atoms with E-state index in [1.807, 2.05) is 60.7 Å². The van der Waals surface area contributed by atoms with Gasteiger partial charge in [-0.15, -0.1) is 0 Å². The van der Waals surface area contributed by atoms with Crippen LogP contribution in [0.5, 0.6) is 0 Å². The molecule has 0 N–H and O–H groups in total. The zero-order valence-electron chi connectivity index (χ0n) is 32.1. The summed E-state index contributed by atoms with van der Waals surface area (Å²) in [5.41, 5.74) is 4.14. The van der Waals surface area contributed by atoms with Crippen molar-refractivity contribution in [3.8, 4) is 56.4 Å². The molecule has 2 aromatic heterocycles. The fourth-order valence-corrected chi connectivity index (χ4v) is 10.9. The second-order valence-corrected chi connectivity index (χ2v) is 19.6. The molecule has 7 aromatic carbocycles. The van der Waals surface area contributed by atoms with Gasteiger partial charge >= 0.3 is 0 Å². The van der Waals surface area contributed by atoms with Gasteiger partial charge in [-0.05, 0) is 97.1 Å². The van der Waals surface area contributed by atoms with E-state index in [1.54, 1.807) is 82.2 Å². The second kappa shape index (κ2) is 16.7. The van der Waals surface area contributed by atoms with Gasteiger partial charge in [0.05, 0.1) is 32.6 Å². The van der Waals surface area contributed by atoms with Crippen LogP contribution >= 0.6 is 46.4 Å². The van der Waals surface area contributed by atoms with E-state index in [0.717, 1.165) is 0 Å². The molecule has 9 rings (SSSR count). The van der Waals surface area contributed by atoms with Gasteiger partial charge in [-0.2, -0.15) is 10.2 Å². The molecular formula is C48H30Cl4N4O4S2. The molecule has 0 radical (unpaired) electrons. The molecule has 62 heavy (non-hydrogen) atoms. The average molecular weight is 933 g/mol. The molecule has 0 amide bonds. The number of aromatic nitrogens is 4. The van der Waals surface area contributed by atoms with Gasteiger partial charge in [0.2, 0.25) is 19.7 Å². The molecule has 8 nitrogen and oxygen atoms in total. The smallest absolute Gasteiger partial charge is 0.210 e. The van der Waals surface area contributed by atoms with Crippen molar-refractivity contribution in [1.82, 2.24) is 19.6 Å². The maximum atomic E-state index is 15.0. The maximum absolute atomic E-state index is 15.0. The van der Waals surface area contributed by atoms with Gasteiger partial charge < -0.3 is 0 Å². The van der Waals surface area contributed by atoms with Crippen LogP contribution in [0.1, 0.15) is 0 Å². The number of halogens is 4. The van der Waals surface area contributed by atoms with Gasteiger partial charge in [0.1, 0.15) is 21.2 Å². The van der Waals surface area contributed by atoms with E-state index in [1.165, 1.54) is 48.5 Å². The quantitative estimate of drug-likeness (QED) is 0.135. The first-order valence-corrected chi connectivity index (χ1v) is 23.4. The lowest BCUT2D eigenvalue weighted by molar-refractivity contribution is 0.595. The first kappa shape index (κ1) is 41.4. The van der Waals surface area contributed by atoms with E-state index in [-0.39, 0.29) is 42.4 Å². The third-order valence-electron chi connectivity index (χ3n) is 10.1. The Balaban J connectivity index is 1.32. The molecule has 0 aliphatic rings. The summed E-state index contributed by atoms with van der Waals surface area (Å²) in [7, 11) is -8.59. The summed E-state index contributed by atoms with van der Waals surface area (Å²) < 4.78 is 63.2. The van der Waals surface area contributed by atoms with Crippen molar-refractivity contribution >= 4 is 66.1 Å². The van der Waals surface area contributed by atoms with Crippen LogP contribution in [-0.2, 0) is 19.7 Å². The predicted molar refractivity (Wildman–Crippen MR) is 246 cm³/mol. The Labute approximate surface area is 378 Å². The van der Waals surface area contributed by atoms with Crippen LogP contribution in [0, 0.1) is 0 Å². The molecule has 14 heteroatoms. The zero-order chi connectivity index (χ0) is 43.2. The molecule has 0 aliphatic carbocycles. The van der Waals surface area contributed by atoms with Gasteiger partial charge in [-0.25, -0.2) is 26.2 Å². The van der Waals surface area contributed by atoms with Crippen LogP contribution in [-0.4, -0.2) is 36.4 Å². The van der Waals surface area contributed by atoms with E-state index in [2.05, 4.69) is 0 Å². The molecule has 0 aliphatic heterocycles. The SMILES string of the molecule is O=S(=O)(c1ccc(Cl)cc1)c1c(-c2ccc(Cl)cc2)nn(-c2ccccc2)c1-c1ccc(-c2c(S(=O)(=O)c3ccc(Cl)cc3)c(-c3ccc(Cl)cc3)nn2-c2ccccc2)cc1. The van der Waals surface area contributed by atoms with Crippen molar-refractivity contribution in [2.24, 2.45) is 0 Å². The van der Waals surface area contributed by atoms with Crippen LogP contribution in [0.15, 0.2) is 202 Å². The van der Waals surface area contributed by atoms with E-state index < -0.39 is 19.7 Å². The highest BCUT2D eigenvalue weighted by Gasteiger charge is 2.35. The predicted octanol–water partition coefficient (Wildman–Crippen LogP) is 13.0. The lowest BCUT2D eigenvalue weighted by Gasteiger charge is -2.14. The summed E-state index contributed by atoms with van der Waals surface area (Å²) in [5.74, 6) is 0. The van der Waals surface area contributed by atoms with Crippen LogP contribution in [0.2, 0.25) is 20.1 Å². The molecule has 9 aromatic rings. The molecule has 0 saturated heterocycles. The highest BCUT2D eigenvalue weighted by molar-refractivity contribution is 7.92. The van der Waals surface area contributed by atoms with Gasteiger partial charge in [-0.3, -0.25) is 0 Å². The number of para-hydroxylation sites is 2. The Morgan fingerprint density at radius 2 is 0.613 bits per heavy atom. The molecule has 0 atom stereocenters. The first-order valence-electron chi connectivity index (χ1n) is 18.9. The lowest BCUT2D eigenvalue weighted by atomic mass is 10.0. The third-order valence-corrected chi connectivity index (χ3v) is 14.8. The number of benzene rings is 7. The highest BCUT2D eigenvalue weighted by Crippen LogP contribution is 2.44. The first-order chi connectivity index (χ1) is 29.9. The van der Waals surface area contributed by atoms with Crippen LogP contribution in [0.4, 0.5) is 0 Å². The Morgan fingerprint density at radius 1 is 0.339 bits per heavy atom. The van der Waals surface area contributed by atoms with Crippen LogP contribution < -0.4 is 0 Å². The Hall–Kier alpha value is -5.98. The topological polar surface area (TPSA) is 104 Å². The van der Waals surface area contributed by atoms with Crippen LogP contribution in [0.3, 0.4) is 0 Å². The summed E-state index contributed by atoms with van der Waals surface area (Å²) in [6.45, 7) is 0. The molecular weight excluding hydrogens is 902 g/mol. The van der Waals surface area contributed by atoms with E-state index in [0.29, 0.717) is 53.7 Å². The van der Waals surface area contributed by atoms with E-state index >= 15 is 0 Å². The largest absolute Gasteiger partial charge is 0.231 e. The minimum Gasteiger partial charge on any atom is -0.231 e. The Bertz CT molecular complexity index is 3080. The molecule has 0 spiro atoms. The van der Waals surface area contributed by atoms with Crippen molar-refractivity contribution in [3.63, 3.8) is 0 Å². The fourth-order valence-electron chi connectivity index (χ4n) is 7.18. The average Bonchev–Trinajstić information content (AvgIpc) is 3.90. The Morgan fingerprint density at radius 3 is 0.919 bits per heavy atom. The second-order valence-electron chi connectivity index (χ2n) is 14.1. The summed E-state index contributed by atoms with van der Waals surface area (Å²) in [5, 5.41) is 11.7. The Kier molecular flexibility index (Phi) is 11.2. The van der Waals surface area contributed by atoms with Crippen molar-refractivity contribution in [1.29, 1.82) is 0 Å². The molecule has 0 bridgehead atoms. The molecule has 2 heterocycles. The van der Waals surface area contributed by atoms with Crippen molar-refractivity contribution in [2.45, 2.75) is 19.6 Å². The minimum atomic E-state index is -4.29. The fraction of sp³-hybridized carbons (Fsp3) is 0. The summed E-state index contributed by atoms with van der Waals surface area (Å²) in [6, 6.07) is 50.9. The third kappa shape index (κ3) is 7.75. The maximum Gasteiger partial charge on any atom is 0.210 e. The molecule has 0 fully saturated rings. The van der Waals surface area contributed by atoms with Crippen LogP contribution in [0.25, 0.3) is 56.4 Å². The number of hydrogen-bond donors (Lipinski definition) is 0. The number of rotatable bonds is 10. The zero-order valence-corrected chi connectivity index (χ0v) is 36.7.